The Morgan fingerprint density at radius 2 is 1.79 bits per heavy atom. The number of rotatable bonds is 8. The number of sulfone groups is 1. The van der Waals surface area contributed by atoms with Gasteiger partial charge in [-0.25, -0.2) is 13.4 Å². The second kappa shape index (κ2) is 12.3. The number of ether oxygens (including phenoxy) is 1. The van der Waals surface area contributed by atoms with Crippen LogP contribution in [0.25, 0.3) is 0 Å². The number of carbonyl (C=O) groups is 1. The van der Waals surface area contributed by atoms with Crippen molar-refractivity contribution in [3.8, 4) is 5.75 Å². The molecule has 5 rings (SSSR count). The molecule has 0 spiro atoms. The third-order valence-corrected chi connectivity index (χ3v) is 10.7. The number of nitrogens with zero attached hydrogens (tertiary/aromatic N) is 3. The number of piperidine rings is 1. The van der Waals surface area contributed by atoms with E-state index in [2.05, 4.69) is 40.5 Å². The van der Waals surface area contributed by atoms with Crippen molar-refractivity contribution in [1.29, 1.82) is 0 Å². The van der Waals surface area contributed by atoms with E-state index < -0.39 is 15.1 Å². The fraction of sp³-hybridized carbons (Fsp3) is 0.469. The summed E-state index contributed by atoms with van der Waals surface area (Å²) in [7, 11) is -3.54. The van der Waals surface area contributed by atoms with Crippen LogP contribution in [-0.2, 0) is 21.1 Å². The van der Waals surface area contributed by atoms with Gasteiger partial charge in [-0.15, -0.1) is 0 Å². The Kier molecular flexibility index (Phi) is 8.90. The van der Waals surface area contributed by atoms with Gasteiger partial charge in [0.2, 0.25) is 11.9 Å². The van der Waals surface area contributed by atoms with E-state index in [1.54, 1.807) is 38.1 Å². The van der Waals surface area contributed by atoms with Crippen molar-refractivity contribution in [2.24, 2.45) is 5.92 Å². The zero-order valence-electron chi connectivity index (χ0n) is 25.6. The average Bonchev–Trinajstić information content (AvgIpc) is 3.36. The number of benzene rings is 2. The molecule has 0 bridgehead atoms. The van der Waals surface area contributed by atoms with Crippen molar-refractivity contribution in [2.45, 2.75) is 83.0 Å². The molecule has 1 amide bonds. The molecular formula is C32H40ClN5O4S. The minimum atomic E-state index is -3.54. The summed E-state index contributed by atoms with van der Waals surface area (Å²) in [5.41, 5.74) is 4.84. The summed E-state index contributed by atoms with van der Waals surface area (Å²) in [4.78, 5) is 23.7. The molecule has 0 radical (unpaired) electrons. The van der Waals surface area contributed by atoms with E-state index in [1.807, 2.05) is 18.7 Å². The number of hydrogen-bond donors (Lipinski definition) is 2. The van der Waals surface area contributed by atoms with E-state index in [0.717, 1.165) is 49.4 Å². The molecule has 1 fully saturated rings. The summed E-state index contributed by atoms with van der Waals surface area (Å²) < 4.78 is 32.3. The van der Waals surface area contributed by atoms with Gasteiger partial charge in [0.25, 0.3) is 0 Å². The van der Waals surface area contributed by atoms with Crippen LogP contribution in [0, 0.1) is 12.8 Å². The van der Waals surface area contributed by atoms with Gasteiger partial charge >= 0.3 is 0 Å². The highest BCUT2D eigenvalue weighted by Gasteiger charge is 2.33. The highest BCUT2D eigenvalue weighted by molar-refractivity contribution is 7.92. The average molecular weight is 626 g/mol. The molecule has 3 heterocycles. The van der Waals surface area contributed by atoms with Gasteiger partial charge in [-0.3, -0.25) is 4.79 Å². The largest absolute Gasteiger partial charge is 0.488 e. The van der Waals surface area contributed by atoms with Crippen LogP contribution in [0.15, 0.2) is 41.4 Å². The maximum absolute atomic E-state index is 13.0. The fourth-order valence-electron chi connectivity index (χ4n) is 6.00. The molecule has 1 atom stereocenters. The number of aromatic nitrogens is 2. The van der Waals surface area contributed by atoms with Crippen LogP contribution < -0.4 is 15.4 Å². The highest BCUT2D eigenvalue weighted by atomic mass is 35.5. The fourth-order valence-corrected chi connectivity index (χ4v) is 7.34. The summed E-state index contributed by atoms with van der Waals surface area (Å²) in [6.07, 6.45) is 4.17. The Morgan fingerprint density at radius 3 is 2.47 bits per heavy atom. The minimum absolute atomic E-state index is 0.00997. The molecular weight excluding hydrogens is 586 g/mol. The van der Waals surface area contributed by atoms with Gasteiger partial charge in [0.05, 0.1) is 27.7 Å². The maximum atomic E-state index is 13.0. The Bertz CT molecular complexity index is 1630. The smallest absolute Gasteiger partial charge is 0.229 e. The molecule has 2 aromatic carbocycles. The Labute approximate surface area is 259 Å². The van der Waals surface area contributed by atoms with Crippen LogP contribution >= 0.6 is 11.6 Å². The van der Waals surface area contributed by atoms with E-state index in [-0.39, 0.29) is 33.7 Å². The number of nitrogens with one attached hydrogen (secondary N) is 2. The molecule has 2 N–H and O–H groups in total. The van der Waals surface area contributed by atoms with Crippen molar-refractivity contribution in [3.63, 3.8) is 0 Å². The lowest BCUT2D eigenvalue weighted by Crippen LogP contribution is -2.40. The van der Waals surface area contributed by atoms with Crippen LogP contribution in [0.4, 0.5) is 23.1 Å². The molecule has 1 unspecified atom stereocenters. The van der Waals surface area contributed by atoms with Gasteiger partial charge in [0.15, 0.2) is 15.7 Å². The zero-order valence-corrected chi connectivity index (χ0v) is 27.1. The van der Waals surface area contributed by atoms with E-state index in [4.69, 9.17) is 16.3 Å². The number of halogens is 1. The van der Waals surface area contributed by atoms with Crippen molar-refractivity contribution in [1.82, 2.24) is 14.9 Å². The maximum Gasteiger partial charge on any atom is 0.229 e. The van der Waals surface area contributed by atoms with Crippen molar-refractivity contribution in [3.05, 3.63) is 58.2 Å². The third-order valence-electron chi connectivity index (χ3n) is 8.21. The predicted molar refractivity (Wildman–Crippen MR) is 171 cm³/mol. The van der Waals surface area contributed by atoms with Crippen LogP contribution in [0.1, 0.15) is 70.1 Å². The lowest BCUT2D eigenvalue weighted by atomic mass is 9.82. The quantitative estimate of drug-likeness (QED) is 0.281. The van der Waals surface area contributed by atoms with Crippen molar-refractivity contribution < 1.29 is 17.9 Å². The van der Waals surface area contributed by atoms with Gasteiger partial charge < -0.3 is 20.3 Å². The van der Waals surface area contributed by atoms with Crippen LogP contribution in [0.3, 0.4) is 0 Å². The van der Waals surface area contributed by atoms with Crippen LogP contribution in [-0.4, -0.2) is 53.6 Å². The second-order valence-electron chi connectivity index (χ2n) is 12.1. The summed E-state index contributed by atoms with van der Waals surface area (Å²) >= 11 is 6.46. The van der Waals surface area contributed by atoms with Gasteiger partial charge in [0.1, 0.15) is 16.9 Å². The molecule has 0 saturated carbocycles. The first kappa shape index (κ1) is 31.1. The molecule has 2 aliphatic rings. The lowest BCUT2D eigenvalue weighted by molar-refractivity contribution is -0.135. The monoisotopic (exact) mass is 625 g/mol. The van der Waals surface area contributed by atoms with Crippen molar-refractivity contribution >= 4 is 50.5 Å². The van der Waals surface area contributed by atoms with Gasteiger partial charge in [-0.2, -0.15) is 4.98 Å². The number of hydrogen-bond acceptors (Lipinski definition) is 8. The first-order valence-electron chi connectivity index (χ1n) is 14.9. The predicted octanol–water partition coefficient (Wildman–Crippen LogP) is 6.79. The molecule has 2 aliphatic heterocycles. The number of para-hydroxylation sites is 1. The Morgan fingerprint density at radius 1 is 1.09 bits per heavy atom. The third kappa shape index (κ3) is 6.31. The first-order valence-corrected chi connectivity index (χ1v) is 16.8. The Hall–Kier alpha value is -3.37. The van der Waals surface area contributed by atoms with E-state index in [0.29, 0.717) is 17.6 Å². The highest BCUT2D eigenvalue weighted by Crippen LogP contribution is 2.46. The van der Waals surface area contributed by atoms with E-state index >= 15 is 0 Å². The topological polar surface area (TPSA) is 114 Å². The van der Waals surface area contributed by atoms with Crippen LogP contribution in [0.5, 0.6) is 5.75 Å². The van der Waals surface area contributed by atoms with E-state index in [9.17, 15) is 13.2 Å². The minimum Gasteiger partial charge on any atom is -0.488 e. The molecule has 230 valence electrons. The van der Waals surface area contributed by atoms with Crippen LogP contribution in [0.2, 0.25) is 5.02 Å². The lowest BCUT2D eigenvalue weighted by Gasteiger charge is -2.34. The molecule has 9 nitrogen and oxygen atoms in total. The number of amides is 1. The normalized spacial score (nSPS) is 17.2. The molecule has 43 heavy (non-hydrogen) atoms. The van der Waals surface area contributed by atoms with Crippen molar-refractivity contribution in [2.75, 3.05) is 23.7 Å². The molecule has 1 saturated heterocycles. The summed E-state index contributed by atoms with van der Waals surface area (Å²) in [5.74, 6) is 1.98. The van der Waals surface area contributed by atoms with Gasteiger partial charge in [0, 0.05) is 31.0 Å². The number of carbonyl (C=O) groups excluding carboxylic acids is 1. The summed E-state index contributed by atoms with van der Waals surface area (Å²) in [5, 5.41) is 6.11. The zero-order chi connectivity index (χ0) is 31.1. The summed E-state index contributed by atoms with van der Waals surface area (Å²) in [6.45, 7) is 12.9. The molecule has 3 aromatic rings. The first-order chi connectivity index (χ1) is 20.4. The van der Waals surface area contributed by atoms with E-state index in [1.165, 1.54) is 17.3 Å². The number of fused-ring (bicyclic) bond motifs is 1. The summed E-state index contributed by atoms with van der Waals surface area (Å²) in [6, 6.07) is 8.79. The molecule has 0 aliphatic carbocycles. The SMILES string of the molecule is Cc1cc(Nc2ncc(Cl)c(Nc3ccccc3S(=O)(=O)C(C)C)n2)c2c(c1C1CCN(C(=O)C(C)C)CC1)CC(C)O2. The molecule has 1 aromatic heterocycles. The molecule has 11 heteroatoms. The number of anilines is 4. The van der Waals surface area contributed by atoms with Gasteiger partial charge in [-0.1, -0.05) is 37.6 Å². The number of aryl methyl sites for hydroxylation is 1. The Balaban J connectivity index is 1.42. The van der Waals surface area contributed by atoms with Gasteiger partial charge in [-0.05, 0) is 75.8 Å². The standard InChI is InChI=1S/C32H40ClN5O4S/c1-18(2)31(39)38-13-11-22(12-14-38)28-20(5)15-26(29-23(28)16-21(6)42-29)36-32-34-17-24(33)30(37-32)35-25-9-7-8-10-27(25)43(40,41)19(3)4/h7-10,15,17-19,21-22H,11-14,16H2,1-6H3,(H2,34,35,36,37). The number of likely N-dealkylation sites (tertiary alicyclic amines) is 1. The second-order valence-corrected chi connectivity index (χ2v) is 15.0.